The van der Waals surface area contributed by atoms with Crippen molar-refractivity contribution in [1.29, 1.82) is 0 Å². The third kappa shape index (κ3) is 4.27. The minimum Gasteiger partial charge on any atom is -0.493 e. The number of nitrogens with one attached hydrogen (secondary N) is 1. The predicted molar refractivity (Wildman–Crippen MR) is 129 cm³/mol. The van der Waals surface area contributed by atoms with E-state index >= 15 is 0 Å². The Morgan fingerprint density at radius 3 is 2.64 bits per heavy atom. The number of benzene rings is 2. The Kier molecular flexibility index (Phi) is 6.87. The maximum absolute atomic E-state index is 13.3. The molecule has 0 aliphatic carbocycles. The first-order valence-corrected chi connectivity index (χ1v) is 11.6. The van der Waals surface area contributed by atoms with E-state index in [0.717, 1.165) is 35.1 Å². The number of hydrogen-bond donors (Lipinski definition) is 1. The van der Waals surface area contributed by atoms with Gasteiger partial charge >= 0.3 is 5.97 Å². The Bertz CT molecular complexity index is 1180. The van der Waals surface area contributed by atoms with Gasteiger partial charge in [0, 0.05) is 5.70 Å². The fourth-order valence-corrected chi connectivity index (χ4v) is 4.28. The average molecular weight is 450 g/mol. The Morgan fingerprint density at radius 1 is 1.09 bits per heavy atom. The molecule has 174 valence electrons. The lowest BCUT2D eigenvalue weighted by molar-refractivity contribution is -0.139. The van der Waals surface area contributed by atoms with E-state index in [-0.39, 0.29) is 5.97 Å². The fourth-order valence-electron chi connectivity index (χ4n) is 4.28. The van der Waals surface area contributed by atoms with Crippen LogP contribution in [0, 0.1) is 0 Å². The Hall–Kier alpha value is -3.48. The molecule has 2 aromatic carbocycles. The number of carbonyl (C=O) groups is 1. The summed E-state index contributed by atoms with van der Waals surface area (Å²) in [7, 11) is 1.63. The summed E-state index contributed by atoms with van der Waals surface area (Å²) in [4.78, 5) is 18.1. The molecule has 0 spiro atoms. The van der Waals surface area contributed by atoms with Gasteiger partial charge in [-0.3, -0.25) is 4.57 Å². The lowest BCUT2D eigenvalue weighted by Gasteiger charge is -2.31. The second-order valence-corrected chi connectivity index (χ2v) is 7.94. The van der Waals surface area contributed by atoms with E-state index in [1.807, 2.05) is 49.4 Å². The van der Waals surface area contributed by atoms with E-state index in [9.17, 15) is 4.79 Å². The normalized spacial score (nSPS) is 15.2. The number of imidazole rings is 1. The zero-order valence-corrected chi connectivity index (χ0v) is 19.7. The molecule has 0 bridgehead atoms. The number of hydrogen-bond acceptors (Lipinski definition) is 6. The number of fused-ring (bicyclic) bond motifs is 3. The Balaban J connectivity index is 1.94. The van der Waals surface area contributed by atoms with Crippen molar-refractivity contribution in [3.05, 3.63) is 59.3 Å². The quantitative estimate of drug-likeness (QED) is 0.437. The number of aromatic nitrogens is 2. The predicted octanol–water partition coefficient (Wildman–Crippen LogP) is 5.47. The molecule has 0 radical (unpaired) electrons. The number of esters is 1. The first kappa shape index (κ1) is 22.7. The van der Waals surface area contributed by atoms with Gasteiger partial charge in [0.2, 0.25) is 5.95 Å². The summed E-state index contributed by atoms with van der Waals surface area (Å²) in [5.41, 5.74) is 4.14. The van der Waals surface area contributed by atoms with Crippen molar-refractivity contribution in [1.82, 2.24) is 9.55 Å². The summed E-state index contributed by atoms with van der Waals surface area (Å²) in [5.74, 6) is 1.70. The number of methoxy groups -OCH3 is 1. The minimum absolute atomic E-state index is 0.305. The average Bonchev–Trinajstić information content (AvgIpc) is 3.20. The third-order valence-corrected chi connectivity index (χ3v) is 5.68. The first-order valence-electron chi connectivity index (χ1n) is 11.6. The Morgan fingerprint density at radius 2 is 1.91 bits per heavy atom. The molecule has 1 aromatic heterocycles. The Labute approximate surface area is 194 Å². The van der Waals surface area contributed by atoms with Crippen LogP contribution >= 0.6 is 0 Å². The summed E-state index contributed by atoms with van der Waals surface area (Å²) >= 11 is 0. The molecule has 0 unspecified atom stereocenters. The second-order valence-electron chi connectivity index (χ2n) is 7.94. The van der Waals surface area contributed by atoms with Crippen molar-refractivity contribution in [2.45, 2.75) is 46.1 Å². The zero-order valence-electron chi connectivity index (χ0n) is 19.7. The van der Waals surface area contributed by atoms with E-state index in [1.165, 1.54) is 0 Å². The molecule has 0 saturated carbocycles. The molecule has 4 rings (SSSR count). The third-order valence-electron chi connectivity index (χ3n) is 5.68. The number of carbonyl (C=O) groups excluding carboxylic acids is 1. The number of anilines is 1. The standard InChI is InChI=1S/C26H31N3O4/c1-5-10-19-23(25(30)32-7-3)24(17-13-14-21(33-15-6-2)22(16-17)31-4)29-20-12-9-8-11-18(20)27-26(29)28-19/h8-9,11-14,16,24H,5-7,10,15H2,1-4H3,(H,27,28)/t24-/m0/s1. The highest BCUT2D eigenvalue weighted by molar-refractivity contribution is 5.94. The molecule has 7 nitrogen and oxygen atoms in total. The number of para-hydroxylation sites is 2. The van der Waals surface area contributed by atoms with Crippen molar-refractivity contribution in [3.8, 4) is 11.5 Å². The van der Waals surface area contributed by atoms with Crippen LogP contribution in [-0.4, -0.2) is 35.8 Å². The van der Waals surface area contributed by atoms with Crippen LogP contribution in [0.3, 0.4) is 0 Å². The maximum atomic E-state index is 13.3. The van der Waals surface area contributed by atoms with E-state index in [2.05, 4.69) is 23.7 Å². The monoisotopic (exact) mass is 449 g/mol. The summed E-state index contributed by atoms with van der Waals surface area (Å²) in [6, 6.07) is 13.4. The number of rotatable bonds is 9. The van der Waals surface area contributed by atoms with Crippen LogP contribution in [-0.2, 0) is 9.53 Å². The lowest BCUT2D eigenvalue weighted by Crippen LogP contribution is -2.29. The molecule has 1 aliphatic heterocycles. The van der Waals surface area contributed by atoms with Gasteiger partial charge in [0.15, 0.2) is 11.5 Å². The second kappa shape index (κ2) is 9.98. The molecule has 1 atom stereocenters. The summed E-state index contributed by atoms with van der Waals surface area (Å²) in [5, 5.41) is 3.42. The smallest absolute Gasteiger partial charge is 0.338 e. The molecule has 1 N–H and O–H groups in total. The van der Waals surface area contributed by atoms with Crippen LogP contribution in [0.5, 0.6) is 11.5 Å². The lowest BCUT2D eigenvalue weighted by atomic mass is 9.93. The largest absolute Gasteiger partial charge is 0.493 e. The van der Waals surface area contributed by atoms with Crippen LogP contribution in [0.4, 0.5) is 5.95 Å². The molecule has 0 fully saturated rings. The van der Waals surface area contributed by atoms with Crippen LogP contribution in [0.15, 0.2) is 53.7 Å². The minimum atomic E-state index is -0.414. The summed E-state index contributed by atoms with van der Waals surface area (Å²) in [6.45, 7) is 6.89. The van der Waals surface area contributed by atoms with Crippen LogP contribution in [0.25, 0.3) is 11.0 Å². The number of nitrogens with zero attached hydrogens (tertiary/aromatic N) is 2. The molecule has 7 heteroatoms. The maximum Gasteiger partial charge on any atom is 0.338 e. The number of ether oxygens (including phenoxy) is 3. The fraction of sp³-hybridized carbons (Fsp3) is 0.385. The molecule has 1 aliphatic rings. The van der Waals surface area contributed by atoms with Gasteiger partial charge in [-0.05, 0) is 49.6 Å². The van der Waals surface area contributed by atoms with Crippen molar-refractivity contribution in [2.24, 2.45) is 0 Å². The SMILES string of the molecule is CCCOc1ccc([C@H]2C(C(=O)OCC)=C(CCC)Nc3nc4ccccc4n32)cc1OC. The van der Waals surface area contributed by atoms with E-state index in [1.54, 1.807) is 7.11 Å². The van der Waals surface area contributed by atoms with Gasteiger partial charge in [-0.25, -0.2) is 9.78 Å². The van der Waals surface area contributed by atoms with Crippen LogP contribution < -0.4 is 14.8 Å². The van der Waals surface area contributed by atoms with Gasteiger partial charge in [-0.15, -0.1) is 0 Å². The van der Waals surface area contributed by atoms with Crippen molar-refractivity contribution in [2.75, 3.05) is 25.6 Å². The van der Waals surface area contributed by atoms with E-state index < -0.39 is 6.04 Å². The molecule has 33 heavy (non-hydrogen) atoms. The van der Waals surface area contributed by atoms with Crippen LogP contribution in [0.2, 0.25) is 0 Å². The topological polar surface area (TPSA) is 74.6 Å². The van der Waals surface area contributed by atoms with Crippen molar-refractivity contribution < 1.29 is 19.0 Å². The van der Waals surface area contributed by atoms with E-state index in [0.29, 0.717) is 42.7 Å². The van der Waals surface area contributed by atoms with Gasteiger partial charge in [0.05, 0.1) is 43.0 Å². The van der Waals surface area contributed by atoms with Crippen molar-refractivity contribution in [3.63, 3.8) is 0 Å². The molecular weight excluding hydrogens is 418 g/mol. The van der Waals surface area contributed by atoms with E-state index in [4.69, 9.17) is 19.2 Å². The van der Waals surface area contributed by atoms with Gasteiger partial charge in [-0.2, -0.15) is 0 Å². The summed E-state index contributed by atoms with van der Waals surface area (Å²) < 4.78 is 19.1. The molecule has 0 saturated heterocycles. The van der Waals surface area contributed by atoms with Gasteiger partial charge < -0.3 is 19.5 Å². The highest BCUT2D eigenvalue weighted by Crippen LogP contribution is 2.42. The first-order chi connectivity index (χ1) is 16.1. The number of allylic oxidation sites excluding steroid dienone is 1. The molecule has 2 heterocycles. The van der Waals surface area contributed by atoms with Crippen LogP contribution in [0.1, 0.15) is 51.6 Å². The zero-order chi connectivity index (χ0) is 23.4. The summed E-state index contributed by atoms with van der Waals surface area (Å²) in [6.07, 6.45) is 2.49. The highest BCUT2D eigenvalue weighted by Gasteiger charge is 2.36. The molecule has 3 aromatic rings. The van der Waals surface area contributed by atoms with Gasteiger partial charge in [-0.1, -0.05) is 38.5 Å². The van der Waals surface area contributed by atoms with Gasteiger partial charge in [0.25, 0.3) is 0 Å². The molecule has 0 amide bonds. The molecular formula is C26H31N3O4. The highest BCUT2D eigenvalue weighted by atomic mass is 16.5. The van der Waals surface area contributed by atoms with Gasteiger partial charge in [0.1, 0.15) is 0 Å². The van der Waals surface area contributed by atoms with Crippen molar-refractivity contribution >= 4 is 23.0 Å².